The van der Waals surface area contributed by atoms with Crippen molar-refractivity contribution in [3.63, 3.8) is 0 Å². The second kappa shape index (κ2) is 16.2. The zero-order chi connectivity index (χ0) is 36.0. The van der Waals surface area contributed by atoms with Gasteiger partial charge in [0, 0.05) is 25.1 Å². The molecule has 5 rings (SSSR count). The van der Waals surface area contributed by atoms with Crippen LogP contribution in [-0.2, 0) is 32.1 Å². The van der Waals surface area contributed by atoms with E-state index in [0.717, 1.165) is 12.0 Å². The topological polar surface area (TPSA) is 160 Å². The highest BCUT2D eigenvalue weighted by atomic mass is 32.1. The van der Waals surface area contributed by atoms with E-state index in [2.05, 4.69) is 39.9 Å². The standard InChI is InChI=1S/C36H50N8O5S/c1-22(2)15-27-34-41-29(20-50-34)33(47)40-26(16-25-11-8-7-9-12-25)32-37-24(5)42-44(32)19-31(46)39-28(23(3)4)17-43(18-30(45)38-27)35(48)36(21-49-6)13-10-14-36/h7-9,11-12,20,22-23,26-28H,10,13-19,21H2,1-6H3,(H,38,45)(H,39,46)(H,40,47)/t26-,27-,28+/m0/s1. The van der Waals surface area contributed by atoms with Gasteiger partial charge in [-0.05, 0) is 50.0 Å². The van der Waals surface area contributed by atoms with Gasteiger partial charge in [0.15, 0.2) is 5.82 Å². The molecule has 4 amide bonds. The van der Waals surface area contributed by atoms with Crippen LogP contribution in [-0.4, -0.2) is 81.1 Å². The SMILES string of the molecule is COCC1(C(=O)N2CC(=O)N[C@@H](CC(C)C)c3nc(cs3)C(=O)N[C@@H](Cc3ccccc3)c3nc(C)nn3CC(=O)N[C@@H](C(C)C)C2)CCC1. The Morgan fingerprint density at radius 2 is 1.72 bits per heavy atom. The Hall–Kier alpha value is -4.17. The molecule has 1 aliphatic carbocycles. The number of thiazole rings is 1. The molecule has 270 valence electrons. The highest BCUT2D eigenvalue weighted by Crippen LogP contribution is 2.43. The van der Waals surface area contributed by atoms with Crippen molar-refractivity contribution >= 4 is 35.0 Å². The number of benzene rings is 1. The van der Waals surface area contributed by atoms with Crippen LogP contribution in [0.25, 0.3) is 0 Å². The number of nitrogens with one attached hydrogen (secondary N) is 3. The van der Waals surface area contributed by atoms with Gasteiger partial charge in [-0.1, -0.05) is 64.4 Å². The smallest absolute Gasteiger partial charge is 0.271 e. The number of methoxy groups -OCH3 is 1. The van der Waals surface area contributed by atoms with Gasteiger partial charge in [-0.2, -0.15) is 5.10 Å². The zero-order valence-corrected chi connectivity index (χ0v) is 30.7. The second-order valence-corrected chi connectivity index (χ2v) is 15.3. The van der Waals surface area contributed by atoms with E-state index in [9.17, 15) is 19.2 Å². The first kappa shape index (κ1) is 37.1. The third-order valence-corrected chi connectivity index (χ3v) is 10.4. The molecule has 1 aliphatic heterocycles. The molecule has 0 spiro atoms. The highest BCUT2D eigenvalue weighted by Gasteiger charge is 2.47. The third kappa shape index (κ3) is 8.94. The Morgan fingerprint density at radius 1 is 1.00 bits per heavy atom. The normalized spacial score (nSPS) is 21.8. The number of nitrogens with zero attached hydrogens (tertiary/aromatic N) is 5. The number of fused-ring (bicyclic) bond motifs is 3. The lowest BCUT2D eigenvalue weighted by atomic mass is 9.68. The van der Waals surface area contributed by atoms with Crippen LogP contribution >= 0.6 is 11.3 Å². The van der Waals surface area contributed by atoms with E-state index in [0.29, 0.717) is 42.3 Å². The minimum atomic E-state index is -0.701. The maximum Gasteiger partial charge on any atom is 0.271 e. The van der Waals surface area contributed by atoms with Crippen molar-refractivity contribution in [1.82, 2.24) is 40.6 Å². The summed E-state index contributed by atoms with van der Waals surface area (Å²) in [5.74, 6) is -0.158. The van der Waals surface area contributed by atoms with Crippen molar-refractivity contribution in [3.05, 3.63) is 63.6 Å². The first-order chi connectivity index (χ1) is 23.9. The van der Waals surface area contributed by atoms with E-state index in [1.807, 2.05) is 44.2 Å². The van der Waals surface area contributed by atoms with Crippen LogP contribution in [0.3, 0.4) is 0 Å². The van der Waals surface area contributed by atoms with Gasteiger partial charge in [-0.25, -0.2) is 14.6 Å². The summed E-state index contributed by atoms with van der Waals surface area (Å²) in [5.41, 5.74) is 0.487. The molecule has 2 aromatic heterocycles. The van der Waals surface area contributed by atoms with Crippen LogP contribution in [0.15, 0.2) is 35.7 Å². The van der Waals surface area contributed by atoms with Gasteiger partial charge in [0.1, 0.15) is 23.1 Å². The first-order valence-corrected chi connectivity index (χ1v) is 18.3. The summed E-state index contributed by atoms with van der Waals surface area (Å²) in [6, 6.07) is 8.18. The zero-order valence-electron chi connectivity index (χ0n) is 29.9. The lowest BCUT2D eigenvalue weighted by Gasteiger charge is -2.44. The van der Waals surface area contributed by atoms with E-state index >= 15 is 0 Å². The van der Waals surface area contributed by atoms with Gasteiger partial charge in [0.2, 0.25) is 17.7 Å². The molecule has 3 atom stereocenters. The Morgan fingerprint density at radius 3 is 2.36 bits per heavy atom. The first-order valence-electron chi connectivity index (χ1n) is 17.5. The number of hydrogen-bond donors (Lipinski definition) is 3. The van der Waals surface area contributed by atoms with Crippen molar-refractivity contribution in [3.8, 4) is 0 Å². The largest absolute Gasteiger partial charge is 0.384 e. The summed E-state index contributed by atoms with van der Waals surface area (Å²) >= 11 is 1.31. The number of aryl methyl sites for hydroxylation is 1. The van der Waals surface area contributed by atoms with Crippen LogP contribution < -0.4 is 16.0 Å². The molecule has 3 aromatic rings. The van der Waals surface area contributed by atoms with Crippen LogP contribution in [0.5, 0.6) is 0 Å². The van der Waals surface area contributed by atoms with Crippen molar-refractivity contribution in [2.24, 2.45) is 17.3 Å². The Labute approximate surface area is 298 Å². The lowest BCUT2D eigenvalue weighted by molar-refractivity contribution is -0.155. The van der Waals surface area contributed by atoms with Gasteiger partial charge in [-0.15, -0.1) is 11.3 Å². The number of amides is 4. The lowest BCUT2D eigenvalue weighted by Crippen LogP contribution is -2.57. The monoisotopic (exact) mass is 706 g/mol. The van der Waals surface area contributed by atoms with Gasteiger partial charge >= 0.3 is 0 Å². The number of carbonyl (C=O) groups is 4. The number of carbonyl (C=O) groups excluding carboxylic acids is 4. The fourth-order valence-electron chi connectivity index (χ4n) is 6.70. The fraction of sp³-hybridized carbons (Fsp3) is 0.583. The summed E-state index contributed by atoms with van der Waals surface area (Å²) in [7, 11) is 1.58. The molecule has 3 heterocycles. The fourth-order valence-corrected chi connectivity index (χ4v) is 7.56. The molecule has 1 saturated carbocycles. The molecule has 13 nitrogen and oxygen atoms in total. The Kier molecular flexibility index (Phi) is 12.0. The molecule has 14 heteroatoms. The minimum Gasteiger partial charge on any atom is -0.384 e. The van der Waals surface area contributed by atoms with E-state index in [4.69, 9.17) is 9.72 Å². The number of ether oxygens (including phenoxy) is 1. The number of rotatable bonds is 8. The van der Waals surface area contributed by atoms with Crippen molar-refractivity contribution in [2.45, 2.75) is 91.4 Å². The van der Waals surface area contributed by atoms with E-state index in [-0.39, 0.29) is 61.5 Å². The van der Waals surface area contributed by atoms with Crippen LogP contribution in [0.2, 0.25) is 0 Å². The predicted octanol–water partition coefficient (Wildman–Crippen LogP) is 3.76. The van der Waals surface area contributed by atoms with Gasteiger partial charge in [0.05, 0.1) is 30.7 Å². The quantitative estimate of drug-likeness (QED) is 0.319. The molecule has 0 saturated heterocycles. The van der Waals surface area contributed by atoms with E-state index in [1.165, 1.54) is 16.0 Å². The second-order valence-electron chi connectivity index (χ2n) is 14.4. The average molecular weight is 707 g/mol. The molecule has 1 aromatic carbocycles. The number of aromatic nitrogens is 4. The third-order valence-electron chi connectivity index (χ3n) is 9.47. The molecule has 2 bridgehead atoms. The van der Waals surface area contributed by atoms with Crippen molar-refractivity contribution in [1.29, 1.82) is 0 Å². The van der Waals surface area contributed by atoms with Crippen LogP contribution in [0.1, 0.15) is 98.2 Å². The minimum absolute atomic E-state index is 0.0628. The van der Waals surface area contributed by atoms with E-state index in [1.54, 1.807) is 24.3 Å². The summed E-state index contributed by atoms with van der Waals surface area (Å²) in [4.78, 5) is 66.5. The summed E-state index contributed by atoms with van der Waals surface area (Å²) < 4.78 is 7.02. The predicted molar refractivity (Wildman–Crippen MR) is 189 cm³/mol. The molecule has 2 aliphatic rings. The van der Waals surface area contributed by atoms with Crippen LogP contribution in [0.4, 0.5) is 0 Å². The van der Waals surface area contributed by atoms with Crippen LogP contribution in [0, 0.1) is 24.2 Å². The summed E-state index contributed by atoms with van der Waals surface area (Å²) in [5, 5.41) is 16.2. The van der Waals surface area contributed by atoms with Crippen molar-refractivity contribution in [2.75, 3.05) is 26.8 Å². The molecular formula is C36H50N8O5S. The number of hydrogen-bond acceptors (Lipinski definition) is 9. The molecule has 3 N–H and O–H groups in total. The molecule has 0 radical (unpaired) electrons. The van der Waals surface area contributed by atoms with Gasteiger partial charge in [0.25, 0.3) is 5.91 Å². The van der Waals surface area contributed by atoms with Gasteiger partial charge in [-0.3, -0.25) is 19.2 Å². The van der Waals surface area contributed by atoms with Crippen molar-refractivity contribution < 1.29 is 23.9 Å². The molecule has 0 unspecified atom stereocenters. The summed E-state index contributed by atoms with van der Waals surface area (Å²) in [6.07, 6.45) is 3.25. The van der Waals surface area contributed by atoms with Gasteiger partial charge < -0.3 is 25.6 Å². The Balaban J connectivity index is 1.55. The average Bonchev–Trinajstić information content (AvgIpc) is 3.68. The molecular weight excluding hydrogens is 657 g/mol. The molecule has 50 heavy (non-hydrogen) atoms. The Bertz CT molecular complexity index is 1650. The molecule has 1 fully saturated rings. The maximum atomic E-state index is 14.2. The van der Waals surface area contributed by atoms with E-state index < -0.39 is 29.4 Å². The highest BCUT2D eigenvalue weighted by molar-refractivity contribution is 7.09. The maximum absolute atomic E-state index is 14.2. The summed E-state index contributed by atoms with van der Waals surface area (Å²) in [6.45, 7) is 9.88.